The first kappa shape index (κ1) is 23.3. The molecule has 0 heteroatoms. The fourth-order valence-corrected chi connectivity index (χ4v) is 9.42. The van der Waals surface area contributed by atoms with Crippen molar-refractivity contribution in [3.63, 3.8) is 0 Å². The van der Waals surface area contributed by atoms with E-state index < -0.39 is 0 Å². The van der Waals surface area contributed by atoms with Crippen molar-refractivity contribution < 1.29 is 0 Å². The predicted octanol–water partition coefficient (Wildman–Crippen LogP) is 12.8. The molecular weight excluding hydrogens is 528 g/mol. The summed E-state index contributed by atoms with van der Waals surface area (Å²) in [5, 5.41) is 27.6. The second kappa shape index (κ2) is 7.47. The predicted molar refractivity (Wildman–Crippen MR) is 194 cm³/mol. The lowest BCUT2D eigenvalue weighted by atomic mass is 9.81. The van der Waals surface area contributed by atoms with Gasteiger partial charge in [0.1, 0.15) is 0 Å². The highest BCUT2D eigenvalue weighted by atomic mass is 14.3. The van der Waals surface area contributed by atoms with E-state index in [1.807, 2.05) is 0 Å². The van der Waals surface area contributed by atoms with Crippen LogP contribution in [0.25, 0.3) is 108 Å². The van der Waals surface area contributed by atoms with E-state index in [9.17, 15) is 0 Å². The summed E-state index contributed by atoms with van der Waals surface area (Å²) in [6, 6.07) is 38.0. The van der Waals surface area contributed by atoms with Crippen molar-refractivity contribution in [1.29, 1.82) is 0 Å². The zero-order valence-corrected chi connectivity index (χ0v) is 25.2. The topological polar surface area (TPSA) is 0 Å². The third kappa shape index (κ3) is 2.45. The minimum absolute atomic E-state index is 1.35. The highest BCUT2D eigenvalue weighted by Crippen LogP contribution is 2.51. The average Bonchev–Trinajstić information content (AvgIpc) is 3.04. The van der Waals surface area contributed by atoms with Gasteiger partial charge in [-0.3, -0.25) is 0 Å². The Morgan fingerprint density at radius 3 is 0.500 bits per heavy atom. The molecule has 0 aliphatic heterocycles. The van der Waals surface area contributed by atoms with Gasteiger partial charge in [0, 0.05) is 0 Å². The molecular formula is C44H28. The highest BCUT2D eigenvalue weighted by Gasteiger charge is 2.22. The molecule has 0 aliphatic carbocycles. The summed E-state index contributed by atoms with van der Waals surface area (Å²) in [5.74, 6) is 0. The molecule has 0 heterocycles. The van der Waals surface area contributed by atoms with E-state index in [0.717, 1.165) is 0 Å². The molecule has 0 saturated heterocycles. The van der Waals surface area contributed by atoms with Gasteiger partial charge in [-0.25, -0.2) is 0 Å². The molecule has 0 aliphatic rings. The molecule has 0 atom stereocenters. The van der Waals surface area contributed by atoms with Gasteiger partial charge in [0.15, 0.2) is 0 Å². The van der Waals surface area contributed by atoms with Crippen LogP contribution in [-0.4, -0.2) is 0 Å². The van der Waals surface area contributed by atoms with Crippen LogP contribution in [0.2, 0.25) is 0 Å². The van der Waals surface area contributed by atoms with Gasteiger partial charge in [0.2, 0.25) is 0 Å². The van der Waals surface area contributed by atoms with Crippen LogP contribution < -0.4 is 0 Å². The zero-order valence-electron chi connectivity index (χ0n) is 25.2. The fraction of sp³-hybridized carbons (Fsp3) is 0.0909. The largest absolute Gasteiger partial charge is 0.0581 e. The van der Waals surface area contributed by atoms with Crippen LogP contribution in [0.5, 0.6) is 0 Å². The van der Waals surface area contributed by atoms with Gasteiger partial charge in [-0.2, -0.15) is 0 Å². The second-order valence-electron chi connectivity index (χ2n) is 13.4. The molecule has 0 bridgehead atoms. The summed E-state index contributed by atoms with van der Waals surface area (Å²) in [6.07, 6.45) is 0. The maximum Gasteiger partial charge on any atom is -0.00139 e. The van der Waals surface area contributed by atoms with E-state index in [-0.39, 0.29) is 0 Å². The van der Waals surface area contributed by atoms with E-state index in [2.05, 4.69) is 125 Å². The molecule has 0 amide bonds. The summed E-state index contributed by atoms with van der Waals surface area (Å²) in [6.45, 7) is 9.01. The molecule has 0 spiro atoms. The Morgan fingerprint density at radius 1 is 0.182 bits per heavy atom. The van der Waals surface area contributed by atoms with Crippen LogP contribution in [-0.2, 0) is 0 Å². The monoisotopic (exact) mass is 556 g/mol. The van der Waals surface area contributed by atoms with Crippen LogP contribution in [0.4, 0.5) is 0 Å². The smallest absolute Gasteiger partial charge is 0.00139 e. The van der Waals surface area contributed by atoms with Gasteiger partial charge in [-0.1, -0.05) is 97.1 Å². The van der Waals surface area contributed by atoms with Crippen molar-refractivity contribution in [2.45, 2.75) is 27.7 Å². The minimum atomic E-state index is 1.35. The fourth-order valence-electron chi connectivity index (χ4n) is 9.42. The molecule has 0 saturated carbocycles. The average molecular weight is 557 g/mol. The van der Waals surface area contributed by atoms with Gasteiger partial charge in [0.05, 0.1) is 0 Å². The Bertz CT molecular complexity index is 2660. The second-order valence-corrected chi connectivity index (χ2v) is 13.4. The molecule has 11 rings (SSSR count). The third-order valence-electron chi connectivity index (χ3n) is 11.2. The number of benzene rings is 11. The summed E-state index contributed by atoms with van der Waals surface area (Å²) < 4.78 is 0. The number of hydrogen-bond acceptors (Lipinski definition) is 0. The summed E-state index contributed by atoms with van der Waals surface area (Å²) in [5.41, 5.74) is 5.42. The molecule has 0 fully saturated rings. The van der Waals surface area contributed by atoms with Crippen LogP contribution in [0, 0.1) is 27.7 Å². The molecule has 0 N–H and O–H groups in total. The van der Waals surface area contributed by atoms with E-state index >= 15 is 0 Å². The van der Waals surface area contributed by atoms with Crippen LogP contribution in [0.15, 0.2) is 97.1 Å². The van der Waals surface area contributed by atoms with E-state index in [1.54, 1.807) is 0 Å². The molecule has 204 valence electrons. The van der Waals surface area contributed by atoms with E-state index in [0.29, 0.717) is 0 Å². The number of rotatable bonds is 0. The lowest BCUT2D eigenvalue weighted by molar-refractivity contribution is 1.48. The van der Waals surface area contributed by atoms with Crippen molar-refractivity contribution in [1.82, 2.24) is 0 Å². The van der Waals surface area contributed by atoms with Crippen LogP contribution in [0.1, 0.15) is 22.3 Å². The lowest BCUT2D eigenvalue weighted by Crippen LogP contribution is -1.94. The summed E-state index contributed by atoms with van der Waals surface area (Å²) >= 11 is 0. The van der Waals surface area contributed by atoms with Crippen molar-refractivity contribution >= 4 is 108 Å². The molecule has 11 aromatic rings. The molecule has 11 aromatic carbocycles. The Kier molecular flexibility index (Phi) is 3.95. The number of hydrogen-bond donors (Lipinski definition) is 0. The minimum Gasteiger partial charge on any atom is -0.0581 e. The molecule has 0 nitrogen and oxygen atoms in total. The third-order valence-corrected chi connectivity index (χ3v) is 11.2. The van der Waals surface area contributed by atoms with Crippen LogP contribution in [0.3, 0.4) is 0 Å². The van der Waals surface area contributed by atoms with Gasteiger partial charge in [-0.15, -0.1) is 0 Å². The first-order valence-electron chi connectivity index (χ1n) is 15.8. The Balaban J connectivity index is 1.41. The van der Waals surface area contributed by atoms with Crippen molar-refractivity contribution in [2.75, 3.05) is 0 Å². The van der Waals surface area contributed by atoms with E-state index in [1.165, 1.54) is 130 Å². The number of fused-ring (bicyclic) bond motifs is 6. The Labute approximate surface area is 254 Å². The molecule has 0 unspecified atom stereocenters. The van der Waals surface area contributed by atoms with Gasteiger partial charge < -0.3 is 0 Å². The summed E-state index contributed by atoms with van der Waals surface area (Å²) in [4.78, 5) is 0. The van der Waals surface area contributed by atoms with Crippen LogP contribution >= 0.6 is 0 Å². The Hall–Kier alpha value is -5.20. The lowest BCUT2D eigenvalue weighted by Gasteiger charge is -2.22. The Morgan fingerprint density at radius 2 is 0.318 bits per heavy atom. The van der Waals surface area contributed by atoms with E-state index in [4.69, 9.17) is 0 Å². The van der Waals surface area contributed by atoms with Crippen molar-refractivity contribution in [3.05, 3.63) is 119 Å². The number of aryl methyl sites for hydroxylation is 4. The first-order chi connectivity index (χ1) is 21.5. The van der Waals surface area contributed by atoms with Crippen molar-refractivity contribution in [3.8, 4) is 0 Å². The standard InChI is InChI=1S/C44H28/c1-21-5-9-25-29-13-17-33-35-19-15-31-27-11-7-23(3)38-24(4)8-12-28(40(27)38)32-16-20-36(44(35)42(31)32)34-18-14-30(41(29)43(33)34)26-10-6-22(2)37(21)39(25)26/h5-20H,1-4H3. The van der Waals surface area contributed by atoms with Crippen molar-refractivity contribution in [2.24, 2.45) is 0 Å². The zero-order chi connectivity index (χ0) is 29.2. The normalized spacial score (nSPS) is 13.0. The first-order valence-corrected chi connectivity index (χ1v) is 15.8. The quantitative estimate of drug-likeness (QED) is 0.129. The van der Waals surface area contributed by atoms with Gasteiger partial charge in [-0.05, 0) is 158 Å². The maximum absolute atomic E-state index is 2.41. The molecule has 44 heavy (non-hydrogen) atoms. The van der Waals surface area contributed by atoms with Gasteiger partial charge >= 0.3 is 0 Å². The molecule has 0 aromatic heterocycles. The van der Waals surface area contributed by atoms with Gasteiger partial charge in [0.25, 0.3) is 0 Å². The maximum atomic E-state index is 2.41. The SMILES string of the molecule is Cc1ccc2c3ccc4c5ccc6c7ccc(C)c8c(C)ccc(c9ccc(c%10ccc(c%11ccc(C)c1c2%11)c3c4%10)c5c69)c87. The molecule has 0 radical (unpaired) electrons. The summed E-state index contributed by atoms with van der Waals surface area (Å²) in [7, 11) is 0. The highest BCUT2D eigenvalue weighted by molar-refractivity contribution is 6.46.